The number of benzene rings is 4. The molecular weight excluding hydrogens is 883 g/mol. The van der Waals surface area contributed by atoms with Crippen LogP contribution in [0.4, 0.5) is 43.3 Å². The van der Waals surface area contributed by atoms with Gasteiger partial charge in [0.1, 0.15) is 41.0 Å². The summed E-state index contributed by atoms with van der Waals surface area (Å²) in [5.74, 6) is 1.08. The Bertz CT molecular complexity index is 2790. The van der Waals surface area contributed by atoms with E-state index in [0.29, 0.717) is 55.2 Å². The van der Waals surface area contributed by atoms with Gasteiger partial charge in [-0.15, -0.1) is 0 Å². The van der Waals surface area contributed by atoms with Gasteiger partial charge < -0.3 is 29.8 Å². The van der Waals surface area contributed by atoms with Crippen molar-refractivity contribution in [3.05, 3.63) is 141 Å². The first-order valence-electron chi connectivity index (χ1n) is 21.1. The molecule has 0 unspecified atom stereocenters. The molecule has 0 saturated heterocycles. The molecule has 0 aliphatic rings. The summed E-state index contributed by atoms with van der Waals surface area (Å²) in [5.41, 5.74) is 22.9. The van der Waals surface area contributed by atoms with Crippen molar-refractivity contribution in [1.82, 2.24) is 36.9 Å². The van der Waals surface area contributed by atoms with Gasteiger partial charge in [0.15, 0.2) is 11.3 Å². The van der Waals surface area contributed by atoms with Crippen LogP contribution >= 0.6 is 0 Å². The first-order chi connectivity index (χ1) is 33.3. The summed E-state index contributed by atoms with van der Waals surface area (Å²) < 4.78 is 16.0. The second kappa shape index (κ2) is 27.7. The molecule has 6 rings (SSSR count). The molecule has 2 heterocycles. The highest BCUT2D eigenvalue weighted by Crippen LogP contribution is 2.21. The molecule has 0 atom stereocenters. The molecule has 2 aromatic heterocycles. The minimum atomic E-state index is -0.489. The molecule has 0 saturated carbocycles. The summed E-state index contributed by atoms with van der Waals surface area (Å²) in [4.78, 5) is 46.4. The van der Waals surface area contributed by atoms with Gasteiger partial charge in [0, 0.05) is 32.5 Å². The SMILES string of the molecule is COCCCNC(=O)NNc1cc(C#N)c(C#N)cc1C.Cc1ccc(OCCCNC(=O)NNc2nc3ccccc3o2)c(C)c1.[C-]#[N+]c1cc(C#N)nc(NNC(=O)Nc2ccc(C)cc2)c1. The number of methoxy groups -OCH3 is 1. The van der Waals surface area contributed by atoms with Crippen LogP contribution in [0.5, 0.6) is 5.75 Å². The third-order valence-electron chi connectivity index (χ3n) is 9.17. The van der Waals surface area contributed by atoms with Crippen molar-refractivity contribution in [2.24, 2.45) is 0 Å². The fourth-order valence-corrected chi connectivity index (χ4v) is 5.73. The standard InChI is InChI=1S/C19H22N4O3.C15H12N6O.C14H17N5O2/c1-13-8-9-16(14(2)12-13)25-11-5-10-20-18(24)22-23-19-21-15-6-3-4-7-17(15)26-19;1-10-3-5-11(6-4-10)19-15(22)21-20-14-8-12(17-2)7-13(9-16)18-14;1-10-6-11(8-15)12(9-16)7-13(10)18-19-14(20)17-4-3-5-21-2/h3-4,6-9,12H,5,10-11H2,1-2H3,(H,21,23)(H2,20,22,24);3-8H,1H3,(H,18,20)(H2,19,21,22);6-7,18H,3-5H2,1-2H3,(H2,17,19,20). The molecule has 354 valence electrons. The number of aryl methyl sites for hydroxylation is 4. The Labute approximate surface area is 399 Å². The lowest BCUT2D eigenvalue weighted by Crippen LogP contribution is -2.39. The number of oxazole rings is 1. The number of carbonyl (C=O) groups is 3. The predicted octanol–water partition coefficient (Wildman–Crippen LogP) is 7.90. The van der Waals surface area contributed by atoms with Crippen molar-refractivity contribution in [3.8, 4) is 24.0 Å². The van der Waals surface area contributed by atoms with Crippen LogP contribution in [0.25, 0.3) is 15.9 Å². The highest BCUT2D eigenvalue weighted by molar-refractivity contribution is 5.90. The molecule has 21 nitrogen and oxygen atoms in total. The number of carbonyl (C=O) groups excluding carboxylic acids is 3. The molecule has 0 bridgehead atoms. The summed E-state index contributed by atoms with van der Waals surface area (Å²) in [6, 6.07) is 31.4. The summed E-state index contributed by atoms with van der Waals surface area (Å²) in [7, 11) is 1.60. The number of urea groups is 3. The average molecular weight is 934 g/mol. The van der Waals surface area contributed by atoms with Gasteiger partial charge in [-0.1, -0.05) is 47.5 Å². The van der Waals surface area contributed by atoms with Crippen molar-refractivity contribution in [1.29, 1.82) is 15.8 Å². The largest absolute Gasteiger partial charge is 0.493 e. The van der Waals surface area contributed by atoms with E-state index >= 15 is 0 Å². The van der Waals surface area contributed by atoms with Crippen molar-refractivity contribution in [2.75, 3.05) is 55.0 Å². The van der Waals surface area contributed by atoms with Crippen molar-refractivity contribution >= 4 is 58.1 Å². The fraction of sp³-hybridized carbons (Fsp3) is 0.229. The molecule has 69 heavy (non-hydrogen) atoms. The Balaban J connectivity index is 0.000000227. The molecule has 0 radical (unpaired) electrons. The molecule has 0 fully saturated rings. The number of amides is 6. The Morgan fingerprint density at radius 3 is 2.00 bits per heavy atom. The lowest BCUT2D eigenvalue weighted by Gasteiger charge is -2.12. The van der Waals surface area contributed by atoms with Crippen LogP contribution in [-0.4, -0.2) is 61.5 Å². The lowest BCUT2D eigenvalue weighted by atomic mass is 10.0. The number of hydrogen-bond donors (Lipinski definition) is 9. The number of nitrogens with one attached hydrogen (secondary N) is 9. The summed E-state index contributed by atoms with van der Waals surface area (Å²) >= 11 is 0. The molecule has 0 aliphatic heterocycles. The van der Waals surface area contributed by atoms with Crippen molar-refractivity contribution in [3.63, 3.8) is 0 Å². The van der Waals surface area contributed by atoms with Gasteiger partial charge in [0.25, 0.3) is 0 Å². The Morgan fingerprint density at radius 1 is 0.696 bits per heavy atom. The number of pyridine rings is 1. The third-order valence-corrected chi connectivity index (χ3v) is 9.17. The molecule has 0 aliphatic carbocycles. The smallest absolute Gasteiger partial charge is 0.337 e. The van der Waals surface area contributed by atoms with Gasteiger partial charge in [0.2, 0.25) is 0 Å². The first-order valence-corrected chi connectivity index (χ1v) is 21.1. The van der Waals surface area contributed by atoms with E-state index in [1.165, 1.54) is 23.8 Å². The number of anilines is 4. The number of hydrogen-bond acceptors (Lipinski definition) is 14. The molecule has 0 spiro atoms. The number of fused-ring (bicyclic) bond motifs is 1. The number of rotatable bonds is 16. The normalized spacial score (nSPS) is 9.75. The lowest BCUT2D eigenvalue weighted by molar-refractivity contribution is 0.193. The van der Waals surface area contributed by atoms with Gasteiger partial charge in [-0.25, -0.2) is 35.1 Å². The first kappa shape index (κ1) is 52.1. The number of ether oxygens (including phenoxy) is 2. The summed E-state index contributed by atoms with van der Waals surface area (Å²) in [6.45, 7) is 16.9. The topological polar surface area (TPSA) is 293 Å². The van der Waals surface area contributed by atoms with Crippen LogP contribution < -0.4 is 53.2 Å². The molecule has 4 aromatic carbocycles. The zero-order valence-electron chi connectivity index (χ0n) is 38.5. The van der Waals surface area contributed by atoms with Gasteiger partial charge in [0.05, 0.1) is 30.0 Å². The van der Waals surface area contributed by atoms with Gasteiger partial charge >= 0.3 is 24.1 Å². The van der Waals surface area contributed by atoms with E-state index < -0.39 is 6.03 Å². The van der Waals surface area contributed by atoms with Crippen LogP contribution in [0, 0.1) is 68.3 Å². The maximum Gasteiger partial charge on any atom is 0.337 e. The van der Waals surface area contributed by atoms with E-state index in [2.05, 4.69) is 69.4 Å². The second-order valence-corrected chi connectivity index (χ2v) is 14.6. The van der Waals surface area contributed by atoms with Crippen molar-refractivity contribution < 1.29 is 28.3 Å². The molecule has 21 heteroatoms. The Kier molecular flexibility index (Phi) is 20.9. The maximum absolute atomic E-state index is 11.8. The van der Waals surface area contributed by atoms with E-state index in [4.69, 9.17) is 36.2 Å². The zero-order valence-corrected chi connectivity index (χ0v) is 38.5. The summed E-state index contributed by atoms with van der Waals surface area (Å²) in [5, 5.41) is 34.7. The Hall–Kier alpha value is -9.57. The minimum Gasteiger partial charge on any atom is -0.493 e. The minimum absolute atomic E-state index is 0.0942. The molecule has 6 amide bonds. The molecule has 9 N–H and O–H groups in total. The van der Waals surface area contributed by atoms with Crippen LogP contribution in [0.1, 0.15) is 51.9 Å². The third kappa shape index (κ3) is 18.1. The van der Waals surface area contributed by atoms with Crippen LogP contribution in [-0.2, 0) is 4.74 Å². The van der Waals surface area contributed by atoms with E-state index in [0.717, 1.165) is 34.4 Å². The van der Waals surface area contributed by atoms with Gasteiger partial charge in [-0.05, 0) is 106 Å². The number of hydrazine groups is 3. The van der Waals surface area contributed by atoms with Crippen LogP contribution in [0.3, 0.4) is 0 Å². The monoisotopic (exact) mass is 933 g/mol. The number of nitriles is 3. The molecular formula is C48H51N15O6. The number of para-hydroxylation sites is 2. The quantitative estimate of drug-likeness (QED) is 0.0253. The van der Waals surface area contributed by atoms with E-state index in [1.807, 2.05) is 87.5 Å². The number of nitrogens with zero attached hydrogens (tertiary/aromatic N) is 6. The van der Waals surface area contributed by atoms with Crippen LogP contribution in [0.2, 0.25) is 0 Å². The van der Waals surface area contributed by atoms with Gasteiger partial charge in [-0.2, -0.15) is 20.8 Å². The van der Waals surface area contributed by atoms with Crippen LogP contribution in [0.15, 0.2) is 95.4 Å². The van der Waals surface area contributed by atoms with E-state index in [-0.39, 0.29) is 40.8 Å². The fourth-order valence-electron chi connectivity index (χ4n) is 5.73. The predicted molar refractivity (Wildman–Crippen MR) is 260 cm³/mol. The van der Waals surface area contributed by atoms with E-state index in [1.54, 1.807) is 32.2 Å². The second-order valence-electron chi connectivity index (χ2n) is 14.6. The number of aromatic nitrogens is 2. The highest BCUT2D eigenvalue weighted by Gasteiger charge is 2.10. The maximum atomic E-state index is 11.8. The Morgan fingerprint density at radius 2 is 1.35 bits per heavy atom. The zero-order chi connectivity index (χ0) is 50.0. The van der Waals surface area contributed by atoms with E-state index in [9.17, 15) is 14.4 Å². The van der Waals surface area contributed by atoms with Gasteiger partial charge in [-0.3, -0.25) is 21.7 Å². The summed E-state index contributed by atoms with van der Waals surface area (Å²) in [6.07, 6.45) is 1.42. The highest BCUT2D eigenvalue weighted by atomic mass is 16.5. The average Bonchev–Trinajstić information content (AvgIpc) is 3.78. The molecule has 6 aromatic rings. The van der Waals surface area contributed by atoms with Crippen molar-refractivity contribution in [2.45, 2.75) is 40.5 Å².